The van der Waals surface area contributed by atoms with Gasteiger partial charge in [0.2, 0.25) is 0 Å². The average Bonchev–Trinajstić information content (AvgIpc) is 3.46. The number of phenols is 1. The zero-order valence-corrected chi connectivity index (χ0v) is 26.6. The highest BCUT2D eigenvalue weighted by Crippen LogP contribution is 2.65. The molecule has 2 heterocycles. The van der Waals surface area contributed by atoms with Gasteiger partial charge in [0.25, 0.3) is 0 Å². The SMILES string of the molecule is C=CCN1C[C@]23c4c5ccc(O)c4O[C@H]2[C@@H](OCCOCCOCCOCCOCCOCCOCCOC)CC[C@@]3(O)[C@H]1C5. The molecule has 4 aliphatic rings. The molecule has 2 N–H and O–H groups in total. The van der Waals surface area contributed by atoms with Crippen LogP contribution in [0, 0.1) is 0 Å². The minimum atomic E-state index is -0.938. The lowest BCUT2D eigenvalue weighted by atomic mass is 9.54. The third-order valence-electron chi connectivity index (χ3n) is 9.39. The fourth-order valence-corrected chi connectivity index (χ4v) is 7.49. The molecular weight excluding hydrogens is 586 g/mol. The summed E-state index contributed by atoms with van der Waals surface area (Å²) in [5.74, 6) is 0.634. The van der Waals surface area contributed by atoms with Gasteiger partial charge in [-0.05, 0) is 30.9 Å². The standard InChI is InChI=1S/C33H51NO11/c1-3-8-34-24-32-29-25-4-5-26(35)30(29)45-31(32)27(6-7-33(32,36)28(34)23-25)44-22-21-43-20-19-42-18-17-41-16-15-40-14-13-39-12-11-38-10-9-37-2/h3-5,27-28,31,35-36H,1,6-24H2,2H3/t27-,28+,31-,32-,33+/m0/s1. The van der Waals surface area contributed by atoms with Gasteiger partial charge >= 0.3 is 0 Å². The molecule has 254 valence electrons. The van der Waals surface area contributed by atoms with Crippen molar-refractivity contribution in [2.45, 2.75) is 48.5 Å². The van der Waals surface area contributed by atoms with E-state index < -0.39 is 11.0 Å². The maximum Gasteiger partial charge on any atom is 0.165 e. The van der Waals surface area contributed by atoms with Crippen LogP contribution in [0.4, 0.5) is 0 Å². The molecule has 0 amide bonds. The zero-order chi connectivity index (χ0) is 31.5. The molecular formula is C33H51NO11. The normalized spacial score (nSPS) is 27.9. The Balaban J connectivity index is 0.918. The predicted octanol–water partition coefficient (Wildman–Crippen LogP) is 1.47. The van der Waals surface area contributed by atoms with Crippen molar-refractivity contribution >= 4 is 0 Å². The van der Waals surface area contributed by atoms with Gasteiger partial charge in [-0.3, -0.25) is 4.90 Å². The topological polar surface area (TPSA) is 127 Å². The Hall–Kier alpha value is -1.84. The van der Waals surface area contributed by atoms with E-state index in [9.17, 15) is 10.2 Å². The summed E-state index contributed by atoms with van der Waals surface area (Å²) in [6.07, 6.45) is 3.33. The second-order valence-electron chi connectivity index (χ2n) is 11.9. The Morgan fingerprint density at radius 3 is 1.98 bits per heavy atom. The van der Waals surface area contributed by atoms with Crippen LogP contribution in [0.1, 0.15) is 24.0 Å². The average molecular weight is 638 g/mol. The molecule has 1 aromatic rings. The summed E-state index contributed by atoms with van der Waals surface area (Å²) in [7, 11) is 1.64. The number of nitrogens with zero attached hydrogens (tertiary/aromatic N) is 1. The second kappa shape index (κ2) is 16.8. The van der Waals surface area contributed by atoms with Crippen molar-refractivity contribution in [1.29, 1.82) is 0 Å². The summed E-state index contributed by atoms with van der Waals surface area (Å²) in [5.41, 5.74) is 0.540. The predicted molar refractivity (Wildman–Crippen MR) is 164 cm³/mol. The van der Waals surface area contributed by atoms with Crippen molar-refractivity contribution in [3.63, 3.8) is 0 Å². The Morgan fingerprint density at radius 1 is 0.867 bits per heavy atom. The van der Waals surface area contributed by atoms with Crippen LogP contribution in [0.15, 0.2) is 24.8 Å². The number of phenolic OH excluding ortho intramolecular Hbond substituents is 1. The Morgan fingerprint density at radius 2 is 1.42 bits per heavy atom. The molecule has 2 fully saturated rings. The lowest BCUT2D eigenvalue weighted by molar-refractivity contribution is -0.157. The van der Waals surface area contributed by atoms with Crippen LogP contribution < -0.4 is 4.74 Å². The van der Waals surface area contributed by atoms with E-state index in [1.54, 1.807) is 13.2 Å². The van der Waals surface area contributed by atoms with Gasteiger partial charge < -0.3 is 52.8 Å². The van der Waals surface area contributed by atoms with Crippen molar-refractivity contribution in [1.82, 2.24) is 4.90 Å². The molecule has 1 saturated heterocycles. The lowest BCUT2D eigenvalue weighted by Gasteiger charge is -2.53. The van der Waals surface area contributed by atoms with E-state index in [1.165, 1.54) is 0 Å². The van der Waals surface area contributed by atoms with Crippen molar-refractivity contribution in [3.8, 4) is 11.5 Å². The van der Waals surface area contributed by atoms with Crippen molar-refractivity contribution in [2.75, 3.05) is 113 Å². The smallest absolute Gasteiger partial charge is 0.165 e. The molecule has 2 aliphatic carbocycles. The third-order valence-corrected chi connectivity index (χ3v) is 9.39. The van der Waals surface area contributed by atoms with Crippen LogP contribution in [-0.2, 0) is 49.7 Å². The van der Waals surface area contributed by atoms with Crippen LogP contribution in [0.3, 0.4) is 0 Å². The van der Waals surface area contributed by atoms with Gasteiger partial charge in [0.05, 0.1) is 110 Å². The van der Waals surface area contributed by atoms with E-state index >= 15 is 0 Å². The minimum Gasteiger partial charge on any atom is -0.504 e. The van der Waals surface area contributed by atoms with Gasteiger partial charge in [-0.15, -0.1) is 6.58 Å². The van der Waals surface area contributed by atoms with Gasteiger partial charge in [0.1, 0.15) is 6.10 Å². The first-order valence-electron chi connectivity index (χ1n) is 16.2. The summed E-state index contributed by atoms with van der Waals surface area (Å²) in [6.45, 7) is 12.3. The van der Waals surface area contributed by atoms with Crippen LogP contribution in [0.5, 0.6) is 11.5 Å². The molecule has 5 rings (SSSR count). The Bertz CT molecular complexity index is 1080. The third kappa shape index (κ3) is 7.51. The van der Waals surface area contributed by atoms with E-state index in [1.807, 2.05) is 12.1 Å². The first kappa shape index (κ1) is 34.5. The number of ether oxygens (including phenoxy) is 9. The summed E-state index contributed by atoms with van der Waals surface area (Å²) < 4.78 is 50.8. The van der Waals surface area contributed by atoms with Crippen molar-refractivity contribution < 1.29 is 52.8 Å². The molecule has 45 heavy (non-hydrogen) atoms. The summed E-state index contributed by atoms with van der Waals surface area (Å²) in [4.78, 5) is 2.32. The van der Waals surface area contributed by atoms with Gasteiger partial charge in [-0.1, -0.05) is 12.1 Å². The number of rotatable bonds is 24. The van der Waals surface area contributed by atoms with E-state index in [-0.39, 0.29) is 24.0 Å². The van der Waals surface area contributed by atoms with Crippen LogP contribution in [0.2, 0.25) is 0 Å². The molecule has 0 aromatic heterocycles. The van der Waals surface area contributed by atoms with Crippen molar-refractivity contribution in [2.24, 2.45) is 0 Å². The molecule has 0 unspecified atom stereocenters. The Labute approximate surface area is 266 Å². The maximum absolute atomic E-state index is 12.2. The van der Waals surface area contributed by atoms with Gasteiger partial charge in [-0.25, -0.2) is 0 Å². The fourth-order valence-electron chi connectivity index (χ4n) is 7.49. The molecule has 12 nitrogen and oxygen atoms in total. The highest BCUT2D eigenvalue weighted by atomic mass is 16.6. The lowest BCUT2D eigenvalue weighted by Crippen LogP contribution is -2.68. The summed E-state index contributed by atoms with van der Waals surface area (Å²) in [5, 5.41) is 22.9. The molecule has 1 spiro atoms. The first-order chi connectivity index (χ1) is 22.1. The van der Waals surface area contributed by atoms with E-state index in [0.29, 0.717) is 124 Å². The number of benzene rings is 1. The van der Waals surface area contributed by atoms with E-state index in [4.69, 9.17) is 42.6 Å². The second-order valence-corrected chi connectivity index (χ2v) is 11.9. The number of aromatic hydroxyl groups is 1. The molecule has 1 saturated carbocycles. The molecule has 5 atom stereocenters. The number of likely N-dealkylation sites (tertiary alicyclic amines) is 1. The number of aliphatic hydroxyl groups is 1. The van der Waals surface area contributed by atoms with E-state index in [0.717, 1.165) is 17.5 Å². The summed E-state index contributed by atoms with van der Waals surface area (Å²) in [6, 6.07) is 3.68. The first-order valence-corrected chi connectivity index (χ1v) is 16.2. The van der Waals surface area contributed by atoms with Crippen LogP contribution in [0.25, 0.3) is 0 Å². The fraction of sp³-hybridized carbons (Fsp3) is 0.758. The molecule has 0 radical (unpaired) electrons. The molecule has 2 aliphatic heterocycles. The quantitative estimate of drug-likeness (QED) is 0.126. The highest BCUT2D eigenvalue weighted by molar-refractivity contribution is 5.63. The number of methoxy groups -OCH3 is 1. The number of hydrogen-bond acceptors (Lipinski definition) is 12. The maximum atomic E-state index is 12.2. The van der Waals surface area contributed by atoms with E-state index in [2.05, 4.69) is 11.5 Å². The Kier molecular flexibility index (Phi) is 12.9. The zero-order valence-electron chi connectivity index (χ0n) is 26.6. The van der Waals surface area contributed by atoms with Crippen molar-refractivity contribution in [3.05, 3.63) is 35.9 Å². The van der Waals surface area contributed by atoms with Crippen LogP contribution in [-0.4, -0.2) is 152 Å². The van der Waals surface area contributed by atoms with Crippen LogP contribution >= 0.6 is 0 Å². The number of hydrogen-bond donors (Lipinski definition) is 2. The molecule has 1 aromatic carbocycles. The molecule has 2 bridgehead atoms. The molecule has 12 heteroatoms. The van der Waals surface area contributed by atoms with Gasteiger partial charge in [0.15, 0.2) is 11.5 Å². The minimum absolute atomic E-state index is 0.0134. The van der Waals surface area contributed by atoms with Gasteiger partial charge in [0, 0.05) is 31.8 Å². The largest absolute Gasteiger partial charge is 0.504 e. The highest BCUT2D eigenvalue weighted by Gasteiger charge is 2.75. The monoisotopic (exact) mass is 637 g/mol. The van der Waals surface area contributed by atoms with Gasteiger partial charge in [-0.2, -0.15) is 0 Å². The summed E-state index contributed by atoms with van der Waals surface area (Å²) >= 11 is 0.